The molecule has 2 heterocycles. The van der Waals surface area contributed by atoms with Crippen LogP contribution in [0.1, 0.15) is 21.6 Å². The number of carbonyl (C=O) groups is 1. The van der Waals surface area contributed by atoms with E-state index < -0.39 is 0 Å². The Balaban J connectivity index is 1.60. The van der Waals surface area contributed by atoms with Crippen LogP contribution in [0.25, 0.3) is 0 Å². The summed E-state index contributed by atoms with van der Waals surface area (Å²) >= 11 is 1.80. The van der Waals surface area contributed by atoms with Gasteiger partial charge in [0, 0.05) is 23.7 Å². The first kappa shape index (κ1) is 14.1. The normalized spacial score (nSPS) is 13.9. The number of aryl methyl sites for hydroxylation is 2. The average Bonchev–Trinajstić information content (AvgIpc) is 2.93. The molecule has 0 saturated carbocycles. The minimum absolute atomic E-state index is 0.173. The fraction of sp³-hybridized carbons (Fsp3) is 0.353. The molecule has 0 bridgehead atoms. The summed E-state index contributed by atoms with van der Waals surface area (Å²) in [7, 11) is 0. The molecule has 0 aliphatic carbocycles. The van der Waals surface area contributed by atoms with Gasteiger partial charge in [-0.25, -0.2) is 0 Å². The van der Waals surface area contributed by atoms with Crippen LogP contribution in [0.4, 0.5) is 5.69 Å². The lowest BCUT2D eigenvalue weighted by molar-refractivity contribution is -0.130. The first-order chi connectivity index (χ1) is 10.1. The summed E-state index contributed by atoms with van der Waals surface area (Å²) < 4.78 is 0. The van der Waals surface area contributed by atoms with E-state index in [9.17, 15) is 4.79 Å². The van der Waals surface area contributed by atoms with E-state index >= 15 is 0 Å². The summed E-state index contributed by atoms with van der Waals surface area (Å²) in [5.41, 5.74) is 4.78. The molecule has 0 atom stereocenters. The van der Waals surface area contributed by atoms with Crippen molar-refractivity contribution in [1.82, 2.24) is 4.90 Å². The van der Waals surface area contributed by atoms with Gasteiger partial charge >= 0.3 is 0 Å². The van der Waals surface area contributed by atoms with Crippen molar-refractivity contribution in [2.75, 3.05) is 18.4 Å². The molecule has 1 N–H and O–H groups in total. The van der Waals surface area contributed by atoms with Crippen molar-refractivity contribution in [2.24, 2.45) is 0 Å². The highest BCUT2D eigenvalue weighted by atomic mass is 32.1. The molecule has 1 aromatic carbocycles. The van der Waals surface area contributed by atoms with E-state index in [-0.39, 0.29) is 5.91 Å². The van der Waals surface area contributed by atoms with E-state index in [1.54, 1.807) is 11.3 Å². The molecule has 0 spiro atoms. The third-order valence-electron chi connectivity index (χ3n) is 3.97. The molecule has 1 aliphatic rings. The van der Waals surface area contributed by atoms with Crippen molar-refractivity contribution in [3.8, 4) is 0 Å². The second-order valence-electron chi connectivity index (χ2n) is 5.61. The lowest BCUT2D eigenvalue weighted by atomic mass is 10.1. The van der Waals surface area contributed by atoms with Gasteiger partial charge in [0.05, 0.1) is 6.54 Å². The maximum absolute atomic E-state index is 12.3. The van der Waals surface area contributed by atoms with Crippen molar-refractivity contribution in [3.05, 3.63) is 51.2 Å². The van der Waals surface area contributed by atoms with Crippen molar-refractivity contribution >= 4 is 22.9 Å². The number of thiophene rings is 1. The number of hydrogen-bond donors (Lipinski definition) is 1. The molecule has 3 nitrogen and oxygen atoms in total. The number of fused-ring (bicyclic) bond motifs is 1. The van der Waals surface area contributed by atoms with Crippen LogP contribution in [0, 0.1) is 13.8 Å². The van der Waals surface area contributed by atoms with Gasteiger partial charge in [-0.2, -0.15) is 0 Å². The largest absolute Gasteiger partial charge is 0.376 e. The van der Waals surface area contributed by atoms with Crippen LogP contribution in [0.15, 0.2) is 29.6 Å². The minimum atomic E-state index is 0.173. The maximum atomic E-state index is 12.3. The molecule has 0 saturated heterocycles. The fourth-order valence-corrected chi connectivity index (χ4v) is 3.65. The van der Waals surface area contributed by atoms with Crippen molar-refractivity contribution < 1.29 is 4.79 Å². The molecular formula is C17H20N2OS. The number of benzene rings is 1. The van der Waals surface area contributed by atoms with Crippen LogP contribution in [-0.4, -0.2) is 23.9 Å². The van der Waals surface area contributed by atoms with Crippen LogP contribution < -0.4 is 5.32 Å². The quantitative estimate of drug-likeness (QED) is 0.942. The van der Waals surface area contributed by atoms with E-state index in [1.807, 2.05) is 11.0 Å². The number of hydrogen-bond acceptors (Lipinski definition) is 3. The molecule has 1 aromatic heterocycles. The Hall–Kier alpha value is -1.81. The molecule has 110 valence electrons. The monoisotopic (exact) mass is 300 g/mol. The first-order valence-electron chi connectivity index (χ1n) is 7.27. The molecule has 4 heteroatoms. The SMILES string of the molecule is Cc1ccc(NCC(=O)N2CCc3sccc3C2)c(C)c1. The van der Waals surface area contributed by atoms with E-state index in [2.05, 4.69) is 42.7 Å². The summed E-state index contributed by atoms with van der Waals surface area (Å²) in [6.07, 6.45) is 0.988. The summed E-state index contributed by atoms with van der Waals surface area (Å²) in [5.74, 6) is 0.173. The van der Waals surface area contributed by atoms with Crippen molar-refractivity contribution in [3.63, 3.8) is 0 Å². The Morgan fingerprint density at radius 3 is 3.00 bits per heavy atom. The number of carbonyl (C=O) groups excluding carboxylic acids is 1. The number of rotatable bonds is 3. The lowest BCUT2D eigenvalue weighted by Crippen LogP contribution is -2.38. The van der Waals surface area contributed by atoms with E-state index in [0.717, 1.165) is 25.2 Å². The molecule has 0 fully saturated rings. The van der Waals surface area contributed by atoms with Gasteiger partial charge in [0.1, 0.15) is 0 Å². The Kier molecular flexibility index (Phi) is 3.97. The summed E-state index contributed by atoms with van der Waals surface area (Å²) in [4.78, 5) is 15.7. The van der Waals surface area contributed by atoms with Crippen molar-refractivity contribution in [2.45, 2.75) is 26.8 Å². The molecule has 2 aromatic rings. The highest BCUT2D eigenvalue weighted by Gasteiger charge is 2.21. The average molecular weight is 300 g/mol. The predicted octanol–water partition coefficient (Wildman–Crippen LogP) is 3.36. The van der Waals surface area contributed by atoms with Crippen molar-refractivity contribution in [1.29, 1.82) is 0 Å². The molecular weight excluding hydrogens is 280 g/mol. The van der Waals surface area contributed by atoms with Crippen LogP contribution in [0.3, 0.4) is 0 Å². The topological polar surface area (TPSA) is 32.3 Å². The Morgan fingerprint density at radius 1 is 1.33 bits per heavy atom. The standard InChI is InChI=1S/C17H20N2OS/c1-12-3-4-15(13(2)9-12)18-10-17(20)19-7-5-16-14(11-19)6-8-21-16/h3-4,6,8-9,18H,5,7,10-11H2,1-2H3. The predicted molar refractivity (Wildman–Crippen MR) is 87.8 cm³/mol. The second-order valence-corrected chi connectivity index (χ2v) is 6.61. The minimum Gasteiger partial charge on any atom is -0.376 e. The number of anilines is 1. The first-order valence-corrected chi connectivity index (χ1v) is 8.15. The van der Waals surface area contributed by atoms with Gasteiger partial charge in [0.25, 0.3) is 0 Å². The number of nitrogens with one attached hydrogen (secondary N) is 1. The molecule has 0 unspecified atom stereocenters. The fourth-order valence-electron chi connectivity index (χ4n) is 2.76. The van der Waals surface area contributed by atoms with E-state index in [4.69, 9.17) is 0 Å². The number of amides is 1. The zero-order valence-corrected chi connectivity index (χ0v) is 13.3. The third-order valence-corrected chi connectivity index (χ3v) is 5.00. The Labute approximate surface area is 129 Å². The summed E-state index contributed by atoms with van der Waals surface area (Å²) in [6, 6.07) is 8.38. The van der Waals surface area contributed by atoms with Crippen LogP contribution in [-0.2, 0) is 17.8 Å². The van der Waals surface area contributed by atoms with Gasteiger partial charge < -0.3 is 10.2 Å². The Bertz CT molecular complexity index is 663. The second kappa shape index (κ2) is 5.90. The zero-order chi connectivity index (χ0) is 14.8. The zero-order valence-electron chi connectivity index (χ0n) is 12.5. The summed E-state index contributed by atoms with van der Waals surface area (Å²) in [6.45, 7) is 6.10. The molecule has 21 heavy (non-hydrogen) atoms. The van der Waals surface area contributed by atoms with E-state index in [0.29, 0.717) is 6.54 Å². The Morgan fingerprint density at radius 2 is 2.19 bits per heavy atom. The third kappa shape index (κ3) is 3.10. The lowest BCUT2D eigenvalue weighted by Gasteiger charge is -2.27. The molecule has 1 amide bonds. The smallest absolute Gasteiger partial charge is 0.242 e. The molecule has 1 aliphatic heterocycles. The van der Waals surface area contributed by atoms with Gasteiger partial charge in [-0.05, 0) is 48.9 Å². The highest BCUT2D eigenvalue weighted by Crippen LogP contribution is 2.24. The van der Waals surface area contributed by atoms with Gasteiger partial charge in [-0.3, -0.25) is 4.79 Å². The van der Waals surface area contributed by atoms with Gasteiger partial charge in [-0.1, -0.05) is 17.7 Å². The van der Waals surface area contributed by atoms with E-state index in [1.165, 1.54) is 21.6 Å². The summed E-state index contributed by atoms with van der Waals surface area (Å²) in [5, 5.41) is 5.38. The maximum Gasteiger partial charge on any atom is 0.242 e. The number of nitrogens with zero attached hydrogens (tertiary/aromatic N) is 1. The van der Waals surface area contributed by atoms with Gasteiger partial charge in [0.2, 0.25) is 5.91 Å². The van der Waals surface area contributed by atoms with Crippen LogP contribution in [0.5, 0.6) is 0 Å². The van der Waals surface area contributed by atoms with Crippen LogP contribution >= 0.6 is 11.3 Å². The van der Waals surface area contributed by atoms with Gasteiger partial charge in [0.15, 0.2) is 0 Å². The van der Waals surface area contributed by atoms with Crippen LogP contribution in [0.2, 0.25) is 0 Å². The molecule has 3 rings (SSSR count). The van der Waals surface area contributed by atoms with Gasteiger partial charge in [-0.15, -0.1) is 11.3 Å². The molecule has 0 radical (unpaired) electrons. The highest BCUT2D eigenvalue weighted by molar-refractivity contribution is 7.10.